The van der Waals surface area contributed by atoms with Crippen molar-refractivity contribution in [1.82, 2.24) is 4.98 Å². The van der Waals surface area contributed by atoms with Crippen LogP contribution in [0.4, 0.5) is 19.0 Å². The van der Waals surface area contributed by atoms with E-state index in [1.54, 1.807) is 0 Å². The Morgan fingerprint density at radius 3 is 2.35 bits per heavy atom. The highest BCUT2D eigenvalue weighted by Crippen LogP contribution is 2.51. The summed E-state index contributed by atoms with van der Waals surface area (Å²) in [7, 11) is 0. The van der Waals surface area contributed by atoms with E-state index in [2.05, 4.69) is 9.98 Å². The second-order valence-electron chi connectivity index (χ2n) is 5.28. The summed E-state index contributed by atoms with van der Waals surface area (Å²) >= 11 is 0. The molecular formula is C12H15F3N4O. The molecule has 1 aliphatic rings. The number of rotatable bonds is 1. The van der Waals surface area contributed by atoms with E-state index in [0.29, 0.717) is 0 Å². The number of hydrogen-bond acceptors (Lipinski definition) is 5. The molecule has 20 heavy (non-hydrogen) atoms. The third-order valence-corrected chi connectivity index (χ3v) is 3.39. The van der Waals surface area contributed by atoms with E-state index in [1.165, 1.54) is 6.07 Å². The Kier molecular flexibility index (Phi) is 2.88. The van der Waals surface area contributed by atoms with Crippen LogP contribution in [0.25, 0.3) is 0 Å². The number of halogens is 3. The van der Waals surface area contributed by atoms with Gasteiger partial charge in [0.25, 0.3) is 6.02 Å². The van der Waals surface area contributed by atoms with Crippen LogP contribution in [0.3, 0.4) is 0 Å². The molecule has 0 saturated carbocycles. The Morgan fingerprint density at radius 2 is 1.75 bits per heavy atom. The van der Waals surface area contributed by atoms with Crippen LogP contribution in [0, 0.1) is 5.82 Å². The maximum atomic E-state index is 14.7. The zero-order chi connectivity index (χ0) is 15.3. The quantitative estimate of drug-likeness (QED) is 0.824. The minimum atomic E-state index is -3.55. The van der Waals surface area contributed by atoms with Crippen LogP contribution in [-0.2, 0) is 10.3 Å². The Hall–Kier alpha value is -1.99. The first-order chi connectivity index (χ1) is 9.01. The molecule has 5 nitrogen and oxygen atoms in total. The summed E-state index contributed by atoms with van der Waals surface area (Å²) in [4.78, 5) is 7.27. The topological polar surface area (TPSA) is 86.5 Å². The molecule has 0 saturated heterocycles. The third-order valence-electron chi connectivity index (χ3n) is 3.39. The fourth-order valence-electron chi connectivity index (χ4n) is 2.23. The van der Waals surface area contributed by atoms with Gasteiger partial charge in [-0.2, -0.15) is 8.78 Å². The lowest BCUT2D eigenvalue weighted by molar-refractivity contribution is -0.208. The van der Waals surface area contributed by atoms with Crippen molar-refractivity contribution in [2.45, 2.75) is 37.8 Å². The van der Waals surface area contributed by atoms with E-state index in [9.17, 15) is 13.2 Å². The molecule has 2 rings (SSSR count). The molecule has 0 bridgehead atoms. The first kappa shape index (κ1) is 14.4. The van der Waals surface area contributed by atoms with Gasteiger partial charge in [-0.05, 0) is 32.9 Å². The molecule has 8 heteroatoms. The van der Waals surface area contributed by atoms with Gasteiger partial charge in [0.2, 0.25) is 0 Å². The zero-order valence-electron chi connectivity index (χ0n) is 11.2. The number of nitrogen functional groups attached to an aromatic ring is 1. The summed E-state index contributed by atoms with van der Waals surface area (Å²) in [5, 5.41) is 0. The average molecular weight is 288 g/mol. The normalized spacial score (nSPS) is 27.6. The van der Waals surface area contributed by atoms with E-state index in [-0.39, 0.29) is 5.82 Å². The maximum absolute atomic E-state index is 14.7. The van der Waals surface area contributed by atoms with Gasteiger partial charge in [0, 0.05) is 0 Å². The van der Waals surface area contributed by atoms with E-state index in [4.69, 9.17) is 16.2 Å². The molecule has 4 N–H and O–H groups in total. The fraction of sp³-hybridized carbons (Fsp3) is 0.500. The van der Waals surface area contributed by atoms with Crippen molar-refractivity contribution in [2.24, 2.45) is 10.7 Å². The molecule has 0 amide bonds. The summed E-state index contributed by atoms with van der Waals surface area (Å²) in [5.41, 5.74) is 6.05. The molecule has 2 heterocycles. The molecule has 0 unspecified atom stereocenters. The van der Waals surface area contributed by atoms with Crippen LogP contribution >= 0.6 is 0 Å². The zero-order valence-corrected chi connectivity index (χ0v) is 11.2. The molecular weight excluding hydrogens is 273 g/mol. The van der Waals surface area contributed by atoms with Crippen LogP contribution < -0.4 is 11.5 Å². The number of amidine groups is 1. The second kappa shape index (κ2) is 4.00. The van der Waals surface area contributed by atoms with Gasteiger partial charge in [-0.15, -0.1) is 0 Å². The number of pyridine rings is 1. The number of nitrogens with two attached hydrogens (primary N) is 2. The Balaban J connectivity index is 2.74. The van der Waals surface area contributed by atoms with Crippen LogP contribution in [0.5, 0.6) is 0 Å². The van der Waals surface area contributed by atoms with E-state index < -0.39 is 34.6 Å². The van der Waals surface area contributed by atoms with Gasteiger partial charge in [0.15, 0.2) is 11.1 Å². The molecule has 0 aromatic carbocycles. The highest BCUT2D eigenvalue weighted by Gasteiger charge is 2.67. The lowest BCUT2D eigenvalue weighted by atomic mass is 9.79. The third kappa shape index (κ3) is 1.78. The number of hydrogen-bond donors (Lipinski definition) is 2. The van der Waals surface area contributed by atoms with Gasteiger partial charge < -0.3 is 16.2 Å². The molecule has 0 aliphatic carbocycles. The number of alkyl halides is 2. The minimum absolute atomic E-state index is 0.0866. The summed E-state index contributed by atoms with van der Waals surface area (Å²) in [6, 6.07) is 1.69. The lowest BCUT2D eigenvalue weighted by Gasteiger charge is -2.46. The molecule has 1 aromatic rings. The second-order valence-corrected chi connectivity index (χ2v) is 5.28. The van der Waals surface area contributed by atoms with Gasteiger partial charge in [0.1, 0.15) is 17.3 Å². The Labute approximate surface area is 113 Å². The predicted molar refractivity (Wildman–Crippen MR) is 67.7 cm³/mol. The monoisotopic (exact) mass is 288 g/mol. The largest absolute Gasteiger partial charge is 0.453 e. The van der Waals surface area contributed by atoms with E-state index in [0.717, 1.165) is 26.8 Å². The van der Waals surface area contributed by atoms with Gasteiger partial charge in [-0.3, -0.25) is 0 Å². The number of aliphatic imine (C=N–C) groups is 1. The van der Waals surface area contributed by atoms with Crippen LogP contribution in [-0.4, -0.2) is 22.5 Å². The molecule has 0 fully saturated rings. The molecule has 1 aromatic heterocycles. The maximum Gasteiger partial charge on any atom is 0.316 e. The fourth-order valence-corrected chi connectivity index (χ4v) is 2.23. The molecule has 0 spiro atoms. The van der Waals surface area contributed by atoms with Crippen LogP contribution in [0.1, 0.15) is 26.5 Å². The highest BCUT2D eigenvalue weighted by molar-refractivity contribution is 5.74. The van der Waals surface area contributed by atoms with Crippen molar-refractivity contribution in [1.29, 1.82) is 0 Å². The van der Waals surface area contributed by atoms with Crippen molar-refractivity contribution in [3.05, 3.63) is 23.6 Å². The smallest absolute Gasteiger partial charge is 0.316 e. The van der Waals surface area contributed by atoms with E-state index in [1.807, 2.05) is 0 Å². The van der Waals surface area contributed by atoms with Crippen molar-refractivity contribution >= 4 is 11.8 Å². The summed E-state index contributed by atoms with van der Waals surface area (Å²) in [6.45, 7) is 3.35. The Bertz CT molecular complexity index is 588. The summed E-state index contributed by atoms with van der Waals surface area (Å²) < 4.78 is 48.1. The first-order valence-electron chi connectivity index (χ1n) is 5.86. The van der Waals surface area contributed by atoms with Crippen LogP contribution in [0.15, 0.2) is 17.1 Å². The van der Waals surface area contributed by atoms with Gasteiger partial charge in [0.05, 0.1) is 0 Å². The molecule has 1 aliphatic heterocycles. The van der Waals surface area contributed by atoms with Crippen molar-refractivity contribution in [3.63, 3.8) is 0 Å². The minimum Gasteiger partial charge on any atom is -0.453 e. The highest BCUT2D eigenvalue weighted by atomic mass is 19.3. The predicted octanol–water partition coefficient (Wildman–Crippen LogP) is 1.78. The van der Waals surface area contributed by atoms with Crippen molar-refractivity contribution in [3.8, 4) is 0 Å². The SMILES string of the molecule is CC1(C)OC(N)=N[C@](C)(c2nc(N)ccc2F)C1(F)F. The summed E-state index contributed by atoms with van der Waals surface area (Å²) in [5.74, 6) is -4.57. The standard InChI is InChI=1S/C12H15F3N4O/c1-10(2)12(14,15)11(3,19-9(17)20-10)8-6(13)4-5-7(16)18-8/h4-5H,1-3H3,(H2,16,18)(H2,17,19)/t11-/m1/s1. The van der Waals surface area contributed by atoms with Crippen molar-refractivity contribution in [2.75, 3.05) is 5.73 Å². The van der Waals surface area contributed by atoms with Crippen molar-refractivity contribution < 1.29 is 17.9 Å². The molecule has 110 valence electrons. The Morgan fingerprint density at radius 1 is 1.15 bits per heavy atom. The molecule has 0 radical (unpaired) electrons. The number of anilines is 1. The number of ether oxygens (including phenoxy) is 1. The number of aromatic nitrogens is 1. The van der Waals surface area contributed by atoms with Gasteiger partial charge >= 0.3 is 5.92 Å². The number of nitrogens with zero attached hydrogens (tertiary/aromatic N) is 2. The van der Waals surface area contributed by atoms with Gasteiger partial charge in [-0.1, -0.05) is 0 Å². The molecule has 1 atom stereocenters. The summed E-state index contributed by atoms with van der Waals surface area (Å²) in [6.07, 6.45) is 0. The van der Waals surface area contributed by atoms with E-state index >= 15 is 0 Å². The average Bonchev–Trinajstić information content (AvgIpc) is 2.29. The lowest BCUT2D eigenvalue weighted by Crippen LogP contribution is -2.62. The van der Waals surface area contributed by atoms with Gasteiger partial charge in [-0.25, -0.2) is 14.4 Å². The van der Waals surface area contributed by atoms with Crippen LogP contribution in [0.2, 0.25) is 0 Å². The first-order valence-corrected chi connectivity index (χ1v) is 5.86.